The molecule has 0 aliphatic carbocycles. The molecule has 9 heteroatoms. The van der Waals surface area contributed by atoms with Gasteiger partial charge < -0.3 is 4.57 Å². The van der Waals surface area contributed by atoms with Gasteiger partial charge in [0.05, 0.1) is 10.7 Å². The van der Waals surface area contributed by atoms with Crippen LogP contribution in [0.5, 0.6) is 0 Å². The monoisotopic (exact) mass is 355 g/mol. The van der Waals surface area contributed by atoms with Gasteiger partial charge in [0.15, 0.2) is 16.8 Å². The summed E-state index contributed by atoms with van der Waals surface area (Å²) < 4.78 is 1.81. The molecule has 25 heavy (non-hydrogen) atoms. The van der Waals surface area contributed by atoms with E-state index in [1.54, 1.807) is 12.4 Å². The molecule has 3 aromatic rings. The number of nitro groups is 1. The maximum absolute atomic E-state index is 12.2. The van der Waals surface area contributed by atoms with Gasteiger partial charge in [-0.15, -0.1) is 10.2 Å². The van der Waals surface area contributed by atoms with Gasteiger partial charge in [-0.05, 0) is 24.3 Å². The minimum absolute atomic E-state index is 0.0421. The zero-order chi connectivity index (χ0) is 17.8. The number of thioether (sulfide) groups is 1. The SMILES string of the molecule is Cn1c(SCC(=O)c2ccc([N+](=O)[O-])cc2)nnc1-c1ccncc1. The molecule has 8 nitrogen and oxygen atoms in total. The van der Waals surface area contributed by atoms with Crippen LogP contribution in [0.25, 0.3) is 11.4 Å². The predicted octanol–water partition coefficient (Wildman–Crippen LogP) is 2.76. The maximum Gasteiger partial charge on any atom is 0.269 e. The second-order valence-electron chi connectivity index (χ2n) is 5.12. The number of non-ortho nitro benzene ring substituents is 1. The van der Waals surface area contributed by atoms with Crippen molar-refractivity contribution in [2.24, 2.45) is 7.05 Å². The highest BCUT2D eigenvalue weighted by molar-refractivity contribution is 7.99. The molecule has 0 unspecified atom stereocenters. The topological polar surface area (TPSA) is 104 Å². The number of carbonyl (C=O) groups excluding carboxylic acids is 1. The summed E-state index contributed by atoms with van der Waals surface area (Å²) in [6, 6.07) is 9.23. The Hall–Kier alpha value is -3.07. The molecule has 2 heterocycles. The minimum Gasteiger partial charge on any atom is -0.305 e. The standard InChI is InChI=1S/C16H13N5O3S/c1-20-15(12-6-8-17-9-7-12)18-19-16(20)25-10-14(22)11-2-4-13(5-3-11)21(23)24/h2-9H,10H2,1H3. The third-order valence-corrected chi connectivity index (χ3v) is 4.53. The lowest BCUT2D eigenvalue weighted by Gasteiger charge is -2.03. The molecular weight excluding hydrogens is 342 g/mol. The van der Waals surface area contributed by atoms with Crippen molar-refractivity contribution in [1.82, 2.24) is 19.7 Å². The van der Waals surface area contributed by atoms with Gasteiger partial charge in [-0.1, -0.05) is 11.8 Å². The summed E-state index contributed by atoms with van der Waals surface area (Å²) >= 11 is 1.27. The van der Waals surface area contributed by atoms with E-state index in [-0.39, 0.29) is 17.2 Å². The number of Topliss-reactive ketones (excluding diaryl/α,β-unsaturated/α-hetero) is 1. The first-order valence-electron chi connectivity index (χ1n) is 7.26. The molecule has 0 bridgehead atoms. The summed E-state index contributed by atoms with van der Waals surface area (Å²) in [6.45, 7) is 0. The van der Waals surface area contributed by atoms with Crippen molar-refractivity contribution >= 4 is 23.2 Å². The fraction of sp³-hybridized carbons (Fsp3) is 0.125. The normalized spacial score (nSPS) is 10.6. The highest BCUT2D eigenvalue weighted by atomic mass is 32.2. The summed E-state index contributed by atoms with van der Waals surface area (Å²) in [5, 5.41) is 19.5. The van der Waals surface area contributed by atoms with Crippen molar-refractivity contribution < 1.29 is 9.72 Å². The van der Waals surface area contributed by atoms with E-state index in [0.717, 1.165) is 5.56 Å². The van der Waals surface area contributed by atoms with E-state index < -0.39 is 4.92 Å². The number of pyridine rings is 1. The molecule has 1 aromatic carbocycles. The lowest BCUT2D eigenvalue weighted by molar-refractivity contribution is -0.384. The number of ketones is 1. The van der Waals surface area contributed by atoms with Crippen LogP contribution in [0.1, 0.15) is 10.4 Å². The van der Waals surface area contributed by atoms with Crippen LogP contribution < -0.4 is 0 Å². The number of hydrogen-bond acceptors (Lipinski definition) is 7. The molecule has 0 fully saturated rings. The number of aromatic nitrogens is 4. The van der Waals surface area contributed by atoms with Crippen LogP contribution in [0.2, 0.25) is 0 Å². The van der Waals surface area contributed by atoms with Crippen LogP contribution in [0.4, 0.5) is 5.69 Å². The number of hydrogen-bond donors (Lipinski definition) is 0. The van der Waals surface area contributed by atoms with E-state index in [2.05, 4.69) is 15.2 Å². The Balaban J connectivity index is 1.68. The molecule has 0 amide bonds. The first kappa shape index (κ1) is 16.8. The van der Waals surface area contributed by atoms with Crippen LogP contribution in [0.15, 0.2) is 53.9 Å². The lowest BCUT2D eigenvalue weighted by atomic mass is 10.1. The largest absolute Gasteiger partial charge is 0.305 e. The maximum atomic E-state index is 12.2. The summed E-state index contributed by atoms with van der Waals surface area (Å²) in [5.41, 5.74) is 1.27. The number of carbonyl (C=O) groups is 1. The fourth-order valence-corrected chi connectivity index (χ4v) is 2.98. The number of rotatable bonds is 6. The average Bonchev–Trinajstić information content (AvgIpc) is 3.01. The van der Waals surface area contributed by atoms with Crippen LogP contribution in [-0.4, -0.2) is 36.2 Å². The Labute approximate surface area is 147 Å². The highest BCUT2D eigenvalue weighted by Crippen LogP contribution is 2.23. The zero-order valence-electron chi connectivity index (χ0n) is 13.2. The van der Waals surface area contributed by atoms with E-state index in [1.807, 2.05) is 23.7 Å². The van der Waals surface area contributed by atoms with Crippen LogP contribution in [0, 0.1) is 10.1 Å². The van der Waals surface area contributed by atoms with Crippen LogP contribution in [0.3, 0.4) is 0 Å². The van der Waals surface area contributed by atoms with E-state index in [0.29, 0.717) is 16.5 Å². The van der Waals surface area contributed by atoms with Gasteiger partial charge in [-0.2, -0.15) is 0 Å². The molecule has 0 saturated carbocycles. The first-order chi connectivity index (χ1) is 12.1. The second-order valence-corrected chi connectivity index (χ2v) is 6.06. The first-order valence-corrected chi connectivity index (χ1v) is 8.25. The van der Waals surface area contributed by atoms with Crippen molar-refractivity contribution in [2.75, 3.05) is 5.75 Å². The quantitative estimate of drug-likeness (QED) is 0.290. The second kappa shape index (κ2) is 7.22. The third-order valence-electron chi connectivity index (χ3n) is 3.51. The van der Waals surface area contributed by atoms with Gasteiger partial charge in [-0.3, -0.25) is 19.9 Å². The Bertz CT molecular complexity index is 909. The van der Waals surface area contributed by atoms with E-state index >= 15 is 0 Å². The molecule has 3 rings (SSSR count). The van der Waals surface area contributed by atoms with Gasteiger partial charge in [-0.25, -0.2) is 0 Å². The Morgan fingerprint density at radius 1 is 1.16 bits per heavy atom. The number of nitrogens with zero attached hydrogens (tertiary/aromatic N) is 5. The molecule has 0 aliphatic heterocycles. The minimum atomic E-state index is -0.497. The van der Waals surface area contributed by atoms with Gasteiger partial charge in [0, 0.05) is 42.7 Å². The van der Waals surface area contributed by atoms with Crippen molar-refractivity contribution in [2.45, 2.75) is 5.16 Å². The Kier molecular flexibility index (Phi) is 4.85. The summed E-state index contributed by atoms with van der Waals surface area (Å²) in [7, 11) is 1.83. The third kappa shape index (κ3) is 3.72. The number of benzene rings is 1. The number of nitro benzene ring substituents is 1. The zero-order valence-corrected chi connectivity index (χ0v) is 14.0. The highest BCUT2D eigenvalue weighted by Gasteiger charge is 2.14. The predicted molar refractivity (Wildman–Crippen MR) is 92.4 cm³/mol. The average molecular weight is 355 g/mol. The summed E-state index contributed by atoms with van der Waals surface area (Å²) in [5.74, 6) is 0.723. The molecule has 0 spiro atoms. The molecule has 0 aliphatic rings. The van der Waals surface area contributed by atoms with Crippen molar-refractivity contribution in [3.8, 4) is 11.4 Å². The van der Waals surface area contributed by atoms with E-state index in [9.17, 15) is 14.9 Å². The lowest BCUT2D eigenvalue weighted by Crippen LogP contribution is -2.04. The van der Waals surface area contributed by atoms with Gasteiger partial charge >= 0.3 is 0 Å². The smallest absolute Gasteiger partial charge is 0.269 e. The van der Waals surface area contributed by atoms with Gasteiger partial charge in [0.1, 0.15) is 0 Å². The van der Waals surface area contributed by atoms with E-state index in [4.69, 9.17) is 0 Å². The van der Waals surface area contributed by atoms with Crippen molar-refractivity contribution in [1.29, 1.82) is 0 Å². The van der Waals surface area contributed by atoms with Gasteiger partial charge in [0.2, 0.25) is 0 Å². The van der Waals surface area contributed by atoms with Crippen molar-refractivity contribution in [3.05, 3.63) is 64.5 Å². The van der Waals surface area contributed by atoms with E-state index in [1.165, 1.54) is 36.0 Å². The molecule has 126 valence electrons. The van der Waals surface area contributed by atoms with Crippen LogP contribution >= 0.6 is 11.8 Å². The molecule has 0 atom stereocenters. The summed E-state index contributed by atoms with van der Waals surface area (Å²) in [4.78, 5) is 26.3. The molecule has 0 radical (unpaired) electrons. The Morgan fingerprint density at radius 3 is 2.48 bits per heavy atom. The van der Waals surface area contributed by atoms with Crippen molar-refractivity contribution in [3.63, 3.8) is 0 Å². The molecule has 0 N–H and O–H groups in total. The van der Waals surface area contributed by atoms with Gasteiger partial charge in [0.25, 0.3) is 5.69 Å². The molecule has 2 aromatic heterocycles. The fourth-order valence-electron chi connectivity index (χ4n) is 2.18. The van der Waals surface area contributed by atoms with Crippen LogP contribution in [-0.2, 0) is 7.05 Å². The summed E-state index contributed by atoms with van der Waals surface area (Å²) in [6.07, 6.45) is 3.35. The molecule has 0 saturated heterocycles. The molecular formula is C16H13N5O3S. The Morgan fingerprint density at radius 2 is 1.84 bits per heavy atom.